The van der Waals surface area contributed by atoms with Crippen LogP contribution in [-0.4, -0.2) is 110 Å². The summed E-state index contributed by atoms with van der Waals surface area (Å²) in [5.41, 5.74) is 2.33. The van der Waals surface area contributed by atoms with Crippen LogP contribution in [0, 0.1) is 18.8 Å². The van der Waals surface area contributed by atoms with Gasteiger partial charge >= 0.3 is 6.09 Å². The normalized spacial score (nSPS) is 20.7. The van der Waals surface area contributed by atoms with Gasteiger partial charge in [0.15, 0.2) is 0 Å². The van der Waals surface area contributed by atoms with Crippen molar-refractivity contribution in [3.05, 3.63) is 52.7 Å². The van der Waals surface area contributed by atoms with Crippen LogP contribution < -0.4 is 9.80 Å². The van der Waals surface area contributed by atoms with E-state index in [1.165, 1.54) is 0 Å². The van der Waals surface area contributed by atoms with Crippen LogP contribution in [0.4, 0.5) is 16.3 Å². The molecule has 3 fully saturated rings. The van der Waals surface area contributed by atoms with Gasteiger partial charge in [-0.05, 0) is 61.6 Å². The number of anilines is 2. The summed E-state index contributed by atoms with van der Waals surface area (Å²) in [7, 11) is 3.81. The van der Waals surface area contributed by atoms with Crippen LogP contribution in [0.5, 0.6) is 0 Å². The molecule has 1 aromatic heterocycles. The Morgan fingerprint density at radius 2 is 1.72 bits per heavy atom. The SMILES string of the molecule is CC(=O)N1CCC(OC(=O)N(CCCN2CC3CN(C(=O)c4cccnc4N(C)C)CC3C2)c2ccc(C)c(Cl)c2)CC1. The monoisotopic (exact) mass is 610 g/mol. The molecule has 3 aliphatic rings. The molecule has 0 spiro atoms. The largest absolute Gasteiger partial charge is 0.446 e. The number of hydrogen-bond acceptors (Lipinski definition) is 7. The zero-order valence-electron chi connectivity index (χ0n) is 25.7. The Bertz CT molecular complexity index is 1320. The molecule has 0 aliphatic carbocycles. The molecular weight excluding hydrogens is 568 g/mol. The second-order valence-corrected chi connectivity index (χ2v) is 12.7. The maximum absolute atomic E-state index is 13.4. The number of nitrogens with zero attached hydrogens (tertiary/aromatic N) is 6. The molecule has 3 saturated heterocycles. The lowest BCUT2D eigenvalue weighted by Crippen LogP contribution is -2.43. The Kier molecular flexibility index (Phi) is 9.76. The molecule has 5 rings (SSSR count). The van der Waals surface area contributed by atoms with Gasteiger partial charge < -0.3 is 24.3 Å². The number of fused-ring (bicyclic) bond motifs is 1. The molecule has 2 aromatic rings. The Morgan fingerprint density at radius 3 is 2.35 bits per heavy atom. The smallest absolute Gasteiger partial charge is 0.414 e. The quantitative estimate of drug-likeness (QED) is 0.443. The highest BCUT2D eigenvalue weighted by atomic mass is 35.5. The van der Waals surface area contributed by atoms with E-state index >= 15 is 0 Å². The van der Waals surface area contributed by atoms with Crippen LogP contribution in [0.15, 0.2) is 36.5 Å². The van der Waals surface area contributed by atoms with Gasteiger partial charge in [-0.3, -0.25) is 14.5 Å². The topological polar surface area (TPSA) is 89.5 Å². The third-order valence-corrected chi connectivity index (χ3v) is 9.40. The molecule has 43 heavy (non-hydrogen) atoms. The minimum absolute atomic E-state index is 0.0515. The number of aromatic nitrogens is 1. The number of rotatable bonds is 8. The van der Waals surface area contributed by atoms with Gasteiger partial charge in [-0.25, -0.2) is 9.78 Å². The van der Waals surface area contributed by atoms with Gasteiger partial charge in [0.05, 0.1) is 5.56 Å². The lowest BCUT2D eigenvalue weighted by Gasteiger charge is -2.32. The predicted octanol–water partition coefficient (Wildman–Crippen LogP) is 4.16. The molecule has 0 N–H and O–H groups in total. The van der Waals surface area contributed by atoms with Crippen LogP contribution >= 0.6 is 11.6 Å². The van der Waals surface area contributed by atoms with E-state index < -0.39 is 0 Å². The van der Waals surface area contributed by atoms with Gasteiger partial charge in [0, 0.05) is 96.6 Å². The lowest BCUT2D eigenvalue weighted by molar-refractivity contribution is -0.130. The van der Waals surface area contributed by atoms with E-state index in [2.05, 4.69) is 9.88 Å². The van der Waals surface area contributed by atoms with Crippen molar-refractivity contribution in [1.82, 2.24) is 19.7 Å². The van der Waals surface area contributed by atoms with Gasteiger partial charge in [0.1, 0.15) is 11.9 Å². The molecule has 3 aliphatic heterocycles. The van der Waals surface area contributed by atoms with Crippen LogP contribution in [0.25, 0.3) is 0 Å². The Morgan fingerprint density at radius 1 is 1.02 bits per heavy atom. The number of benzene rings is 1. The summed E-state index contributed by atoms with van der Waals surface area (Å²) < 4.78 is 5.93. The summed E-state index contributed by atoms with van der Waals surface area (Å²) in [6.45, 7) is 9.47. The van der Waals surface area contributed by atoms with E-state index in [0.717, 1.165) is 50.4 Å². The molecule has 0 saturated carbocycles. The number of halogens is 1. The fourth-order valence-electron chi connectivity index (χ4n) is 6.55. The molecule has 0 radical (unpaired) electrons. The molecule has 11 heteroatoms. The number of carbonyl (C=O) groups excluding carboxylic acids is 3. The Hall–Kier alpha value is -3.37. The third-order valence-electron chi connectivity index (χ3n) is 8.99. The third kappa shape index (κ3) is 7.24. The lowest BCUT2D eigenvalue weighted by atomic mass is 10.0. The average molecular weight is 611 g/mol. The van der Waals surface area contributed by atoms with E-state index in [1.54, 1.807) is 22.9 Å². The van der Waals surface area contributed by atoms with Crippen molar-refractivity contribution < 1.29 is 19.1 Å². The molecule has 10 nitrogen and oxygen atoms in total. The van der Waals surface area contributed by atoms with Crippen LogP contribution in [0.3, 0.4) is 0 Å². The van der Waals surface area contributed by atoms with Crippen molar-refractivity contribution in [2.45, 2.75) is 39.2 Å². The van der Waals surface area contributed by atoms with Gasteiger partial charge in [0.25, 0.3) is 5.91 Å². The van der Waals surface area contributed by atoms with Gasteiger partial charge in [0.2, 0.25) is 5.91 Å². The Balaban J connectivity index is 1.15. The van der Waals surface area contributed by atoms with Crippen molar-refractivity contribution in [3.63, 3.8) is 0 Å². The van der Waals surface area contributed by atoms with Gasteiger partial charge in [-0.2, -0.15) is 0 Å². The average Bonchev–Trinajstić information content (AvgIpc) is 3.56. The molecule has 4 heterocycles. The van der Waals surface area contributed by atoms with Crippen LogP contribution in [-0.2, 0) is 9.53 Å². The number of carbonyl (C=O) groups is 3. The highest BCUT2D eigenvalue weighted by Crippen LogP contribution is 2.33. The number of amides is 3. The summed E-state index contributed by atoms with van der Waals surface area (Å²) in [5.74, 6) is 1.70. The number of aryl methyl sites for hydroxylation is 1. The zero-order chi connectivity index (χ0) is 30.7. The van der Waals surface area contributed by atoms with Crippen molar-refractivity contribution in [2.75, 3.05) is 76.3 Å². The van der Waals surface area contributed by atoms with Crippen molar-refractivity contribution in [1.29, 1.82) is 0 Å². The maximum atomic E-state index is 13.4. The first-order valence-corrected chi connectivity index (χ1v) is 15.6. The molecule has 2 unspecified atom stereocenters. The minimum Gasteiger partial charge on any atom is -0.446 e. The minimum atomic E-state index is -0.374. The number of likely N-dealkylation sites (tertiary alicyclic amines) is 3. The first-order valence-electron chi connectivity index (χ1n) is 15.2. The second kappa shape index (κ2) is 13.5. The first-order chi connectivity index (χ1) is 20.6. The number of hydrogen-bond donors (Lipinski definition) is 0. The summed E-state index contributed by atoms with van der Waals surface area (Å²) >= 11 is 6.43. The Labute approximate surface area is 259 Å². The number of pyridine rings is 1. The maximum Gasteiger partial charge on any atom is 0.414 e. The molecule has 232 valence electrons. The van der Waals surface area contributed by atoms with Crippen molar-refractivity contribution in [3.8, 4) is 0 Å². The van der Waals surface area contributed by atoms with E-state index in [-0.39, 0.29) is 24.0 Å². The molecule has 1 aromatic carbocycles. The number of piperidine rings is 1. The second-order valence-electron chi connectivity index (χ2n) is 12.3. The molecule has 2 atom stereocenters. The zero-order valence-corrected chi connectivity index (χ0v) is 26.4. The highest BCUT2D eigenvalue weighted by molar-refractivity contribution is 6.31. The summed E-state index contributed by atoms with van der Waals surface area (Å²) in [4.78, 5) is 52.6. The van der Waals surface area contributed by atoms with Crippen LogP contribution in [0.1, 0.15) is 42.1 Å². The highest BCUT2D eigenvalue weighted by Gasteiger charge is 2.42. The molecule has 0 bridgehead atoms. The summed E-state index contributed by atoms with van der Waals surface area (Å²) in [5, 5.41) is 0.612. The van der Waals surface area contributed by atoms with E-state index in [9.17, 15) is 14.4 Å². The fraction of sp³-hybridized carbons (Fsp3) is 0.562. The molecular formula is C32H43ClN6O4. The van der Waals surface area contributed by atoms with E-state index in [4.69, 9.17) is 16.3 Å². The standard InChI is InChI=1S/C32H43ClN6O4/c1-22-8-9-26(17-29(22)33)39(32(42)43-27-10-15-37(16-11-27)23(2)40)14-6-13-36-18-24-20-38(21-25(24)19-36)31(41)28-7-5-12-34-30(28)35(3)4/h5,7-9,12,17,24-25,27H,6,10-11,13-16,18-21H2,1-4H3. The summed E-state index contributed by atoms with van der Waals surface area (Å²) in [6, 6.07) is 9.34. The fourth-order valence-corrected chi connectivity index (χ4v) is 6.73. The predicted molar refractivity (Wildman–Crippen MR) is 168 cm³/mol. The van der Waals surface area contributed by atoms with Crippen molar-refractivity contribution in [2.24, 2.45) is 11.8 Å². The molecule has 3 amide bonds. The summed E-state index contributed by atoms with van der Waals surface area (Å²) in [6.07, 6.45) is 3.20. The van der Waals surface area contributed by atoms with Gasteiger partial charge in [-0.1, -0.05) is 17.7 Å². The van der Waals surface area contributed by atoms with Crippen LogP contribution in [0.2, 0.25) is 5.02 Å². The van der Waals surface area contributed by atoms with Crippen molar-refractivity contribution >= 4 is 41.0 Å². The first kappa shape index (κ1) is 31.1. The number of ether oxygens (including phenoxy) is 1. The van der Waals surface area contributed by atoms with E-state index in [1.807, 2.05) is 61.2 Å². The van der Waals surface area contributed by atoms with E-state index in [0.29, 0.717) is 60.7 Å². The van der Waals surface area contributed by atoms with Gasteiger partial charge in [-0.15, -0.1) is 0 Å².